The molecule has 1 N–H and O–H groups in total. The highest BCUT2D eigenvalue weighted by Gasteiger charge is 2.30. The van der Waals surface area contributed by atoms with Gasteiger partial charge in [-0.2, -0.15) is 0 Å². The first kappa shape index (κ1) is 12.0. The van der Waals surface area contributed by atoms with Crippen LogP contribution in [0.15, 0.2) is 0 Å². The first-order valence-corrected chi connectivity index (χ1v) is 5.98. The van der Waals surface area contributed by atoms with Crippen LogP contribution in [0.3, 0.4) is 0 Å². The molecule has 14 heavy (non-hydrogen) atoms. The van der Waals surface area contributed by atoms with E-state index in [0.29, 0.717) is 6.04 Å². The molecular weight excluding hydrogens is 172 g/mol. The third-order valence-corrected chi connectivity index (χ3v) is 3.14. The Morgan fingerprint density at radius 1 is 1.21 bits per heavy atom. The van der Waals surface area contributed by atoms with E-state index in [0.717, 1.165) is 17.9 Å². The second-order valence-corrected chi connectivity index (χ2v) is 5.39. The molecule has 1 saturated heterocycles. The predicted octanol–water partition coefficient (Wildman–Crippen LogP) is 1.96. The molecule has 0 aromatic carbocycles. The van der Waals surface area contributed by atoms with Crippen LogP contribution in [-0.2, 0) is 0 Å². The third-order valence-electron chi connectivity index (χ3n) is 3.14. The molecule has 1 heterocycles. The van der Waals surface area contributed by atoms with Crippen LogP contribution >= 0.6 is 0 Å². The standard InChI is InChI=1S/C12H26N2/c1-9(2)8-14(10(3)4)12-7-13-6-11(12)5/h9-13H,6-8H2,1-5H3. The lowest BCUT2D eigenvalue weighted by atomic mass is 10.0. The van der Waals surface area contributed by atoms with Crippen LogP contribution < -0.4 is 5.32 Å². The summed E-state index contributed by atoms with van der Waals surface area (Å²) in [5.41, 5.74) is 0. The highest BCUT2D eigenvalue weighted by molar-refractivity contribution is 4.87. The highest BCUT2D eigenvalue weighted by Crippen LogP contribution is 2.19. The highest BCUT2D eigenvalue weighted by atomic mass is 15.2. The van der Waals surface area contributed by atoms with Crippen molar-refractivity contribution in [3.05, 3.63) is 0 Å². The molecule has 2 heteroatoms. The van der Waals surface area contributed by atoms with Crippen LogP contribution in [-0.4, -0.2) is 36.6 Å². The van der Waals surface area contributed by atoms with Crippen LogP contribution in [0, 0.1) is 11.8 Å². The lowest BCUT2D eigenvalue weighted by Crippen LogP contribution is -2.46. The number of nitrogens with one attached hydrogen (secondary N) is 1. The second kappa shape index (κ2) is 5.13. The van der Waals surface area contributed by atoms with Crippen LogP contribution in [0.1, 0.15) is 34.6 Å². The number of hydrogen-bond donors (Lipinski definition) is 1. The van der Waals surface area contributed by atoms with Crippen molar-refractivity contribution in [2.45, 2.75) is 46.7 Å². The Balaban J connectivity index is 2.57. The minimum atomic E-state index is 0.671. The first-order chi connectivity index (χ1) is 6.52. The van der Waals surface area contributed by atoms with Gasteiger partial charge in [-0.25, -0.2) is 0 Å². The summed E-state index contributed by atoms with van der Waals surface area (Å²) in [6.07, 6.45) is 0. The lowest BCUT2D eigenvalue weighted by molar-refractivity contribution is 0.121. The lowest BCUT2D eigenvalue weighted by Gasteiger charge is -2.35. The summed E-state index contributed by atoms with van der Waals surface area (Å²) in [6, 6.07) is 1.42. The predicted molar refractivity (Wildman–Crippen MR) is 62.5 cm³/mol. The summed E-state index contributed by atoms with van der Waals surface area (Å²) in [7, 11) is 0. The van der Waals surface area contributed by atoms with Gasteiger partial charge in [0, 0.05) is 25.2 Å². The van der Waals surface area contributed by atoms with Gasteiger partial charge < -0.3 is 5.32 Å². The average molecular weight is 198 g/mol. The van der Waals surface area contributed by atoms with Gasteiger partial charge in [-0.3, -0.25) is 4.90 Å². The molecule has 0 saturated carbocycles. The zero-order chi connectivity index (χ0) is 10.7. The topological polar surface area (TPSA) is 15.3 Å². The molecule has 2 nitrogen and oxygen atoms in total. The summed E-state index contributed by atoms with van der Waals surface area (Å²) in [5.74, 6) is 1.57. The van der Waals surface area contributed by atoms with Gasteiger partial charge in [0.15, 0.2) is 0 Å². The van der Waals surface area contributed by atoms with Gasteiger partial charge >= 0.3 is 0 Å². The molecule has 1 rings (SSSR count). The Kier molecular flexibility index (Phi) is 4.39. The van der Waals surface area contributed by atoms with Crippen LogP contribution in [0.25, 0.3) is 0 Å². The fraction of sp³-hybridized carbons (Fsp3) is 1.00. The van der Waals surface area contributed by atoms with Crippen molar-refractivity contribution in [1.82, 2.24) is 10.2 Å². The van der Waals surface area contributed by atoms with E-state index >= 15 is 0 Å². The smallest absolute Gasteiger partial charge is 0.0261 e. The van der Waals surface area contributed by atoms with Crippen LogP contribution in [0.2, 0.25) is 0 Å². The van der Waals surface area contributed by atoms with Crippen molar-refractivity contribution in [1.29, 1.82) is 0 Å². The normalized spacial score (nSPS) is 28.3. The summed E-state index contributed by atoms with van der Waals surface area (Å²) in [5, 5.41) is 3.49. The monoisotopic (exact) mass is 198 g/mol. The Bertz CT molecular complexity index is 166. The SMILES string of the molecule is CC(C)CN(C(C)C)C1CNCC1C. The van der Waals surface area contributed by atoms with Crippen LogP contribution in [0.4, 0.5) is 0 Å². The molecular formula is C12H26N2. The Morgan fingerprint density at radius 2 is 1.86 bits per heavy atom. The van der Waals surface area contributed by atoms with E-state index in [-0.39, 0.29) is 0 Å². The number of hydrogen-bond acceptors (Lipinski definition) is 2. The van der Waals surface area contributed by atoms with Crippen molar-refractivity contribution in [3.63, 3.8) is 0 Å². The maximum atomic E-state index is 3.49. The van der Waals surface area contributed by atoms with Gasteiger partial charge in [0.05, 0.1) is 0 Å². The van der Waals surface area contributed by atoms with E-state index in [2.05, 4.69) is 44.8 Å². The van der Waals surface area contributed by atoms with Gasteiger partial charge in [0.25, 0.3) is 0 Å². The maximum absolute atomic E-state index is 3.49. The fourth-order valence-corrected chi connectivity index (χ4v) is 2.39. The van der Waals surface area contributed by atoms with E-state index in [1.807, 2.05) is 0 Å². The Hall–Kier alpha value is -0.0800. The molecule has 0 aromatic rings. The number of rotatable bonds is 4. The van der Waals surface area contributed by atoms with Crippen molar-refractivity contribution in [3.8, 4) is 0 Å². The molecule has 1 aliphatic heterocycles. The van der Waals surface area contributed by atoms with E-state index in [9.17, 15) is 0 Å². The molecule has 0 amide bonds. The van der Waals surface area contributed by atoms with Crippen molar-refractivity contribution >= 4 is 0 Å². The fourth-order valence-electron chi connectivity index (χ4n) is 2.39. The zero-order valence-electron chi connectivity index (χ0n) is 10.4. The van der Waals surface area contributed by atoms with E-state index in [1.54, 1.807) is 0 Å². The van der Waals surface area contributed by atoms with Crippen LogP contribution in [0.5, 0.6) is 0 Å². The second-order valence-electron chi connectivity index (χ2n) is 5.39. The largest absolute Gasteiger partial charge is 0.315 e. The zero-order valence-corrected chi connectivity index (χ0v) is 10.4. The number of nitrogens with zero attached hydrogens (tertiary/aromatic N) is 1. The van der Waals surface area contributed by atoms with Gasteiger partial charge in [-0.1, -0.05) is 20.8 Å². The van der Waals surface area contributed by atoms with Crippen molar-refractivity contribution in [2.75, 3.05) is 19.6 Å². The Labute approximate surface area is 89.1 Å². The van der Waals surface area contributed by atoms with E-state index < -0.39 is 0 Å². The van der Waals surface area contributed by atoms with Gasteiger partial charge in [-0.15, -0.1) is 0 Å². The minimum absolute atomic E-state index is 0.671. The van der Waals surface area contributed by atoms with Crippen molar-refractivity contribution in [2.24, 2.45) is 11.8 Å². The molecule has 2 unspecified atom stereocenters. The molecule has 84 valence electrons. The van der Waals surface area contributed by atoms with Crippen molar-refractivity contribution < 1.29 is 0 Å². The molecule has 0 radical (unpaired) electrons. The summed E-state index contributed by atoms with van der Waals surface area (Å²) >= 11 is 0. The third kappa shape index (κ3) is 2.96. The summed E-state index contributed by atoms with van der Waals surface area (Å²) in [6.45, 7) is 15.2. The van der Waals surface area contributed by atoms with Gasteiger partial charge in [-0.05, 0) is 32.2 Å². The maximum Gasteiger partial charge on any atom is 0.0261 e. The minimum Gasteiger partial charge on any atom is -0.315 e. The van der Waals surface area contributed by atoms with E-state index in [1.165, 1.54) is 19.6 Å². The molecule has 0 aromatic heterocycles. The molecule has 0 bridgehead atoms. The molecule has 0 aliphatic carbocycles. The molecule has 0 spiro atoms. The molecule has 1 fully saturated rings. The first-order valence-electron chi connectivity index (χ1n) is 5.98. The Morgan fingerprint density at radius 3 is 2.21 bits per heavy atom. The summed E-state index contributed by atoms with van der Waals surface area (Å²) < 4.78 is 0. The van der Waals surface area contributed by atoms with Gasteiger partial charge in [0.1, 0.15) is 0 Å². The van der Waals surface area contributed by atoms with Gasteiger partial charge in [0.2, 0.25) is 0 Å². The molecule has 1 aliphatic rings. The van der Waals surface area contributed by atoms with E-state index in [4.69, 9.17) is 0 Å². The summed E-state index contributed by atoms with van der Waals surface area (Å²) in [4.78, 5) is 2.66. The average Bonchev–Trinajstić information content (AvgIpc) is 2.46. The molecule has 2 atom stereocenters. The quantitative estimate of drug-likeness (QED) is 0.743.